The summed E-state index contributed by atoms with van der Waals surface area (Å²) in [6, 6.07) is 12.1. The first-order chi connectivity index (χ1) is 9.69. The van der Waals surface area contributed by atoms with E-state index in [2.05, 4.69) is 29.5 Å². The maximum absolute atomic E-state index is 5.91. The predicted molar refractivity (Wildman–Crippen MR) is 86.5 cm³/mol. The minimum absolute atomic E-state index is 0.216. The molecular formula is C16H20ClN3. The van der Waals surface area contributed by atoms with Crippen LogP contribution in [-0.2, 0) is 0 Å². The van der Waals surface area contributed by atoms with E-state index in [1.165, 1.54) is 5.56 Å². The van der Waals surface area contributed by atoms with Crippen molar-refractivity contribution in [2.24, 2.45) is 0 Å². The number of rotatable bonds is 6. The van der Waals surface area contributed by atoms with Gasteiger partial charge in [-0.3, -0.25) is 0 Å². The number of nitrogens with zero attached hydrogens (tertiary/aromatic N) is 1. The summed E-state index contributed by atoms with van der Waals surface area (Å²) >= 11 is 5.91. The minimum Gasteiger partial charge on any atom is -0.378 e. The second-order valence-electron chi connectivity index (χ2n) is 4.77. The van der Waals surface area contributed by atoms with Gasteiger partial charge in [-0.1, -0.05) is 30.7 Å². The highest BCUT2D eigenvalue weighted by Crippen LogP contribution is 2.21. The highest BCUT2D eigenvalue weighted by molar-refractivity contribution is 6.30. The van der Waals surface area contributed by atoms with Crippen LogP contribution in [-0.4, -0.2) is 11.5 Å². The summed E-state index contributed by atoms with van der Waals surface area (Å²) < 4.78 is 0. The Morgan fingerprint density at radius 2 is 1.95 bits per heavy atom. The van der Waals surface area contributed by atoms with E-state index in [1.54, 1.807) is 0 Å². The quantitative estimate of drug-likeness (QED) is 0.807. The largest absolute Gasteiger partial charge is 0.378 e. The molecule has 0 fully saturated rings. The Kier molecular flexibility index (Phi) is 5.24. The monoisotopic (exact) mass is 289 g/mol. The molecule has 2 aromatic rings. The first kappa shape index (κ1) is 14.7. The van der Waals surface area contributed by atoms with Gasteiger partial charge in [-0.25, -0.2) is 4.98 Å². The van der Waals surface area contributed by atoms with E-state index in [0.29, 0.717) is 0 Å². The summed E-state index contributed by atoms with van der Waals surface area (Å²) in [7, 11) is 0. The summed E-state index contributed by atoms with van der Waals surface area (Å²) in [4.78, 5) is 4.30. The molecule has 1 aromatic carbocycles. The zero-order valence-electron chi connectivity index (χ0n) is 11.9. The Morgan fingerprint density at radius 1 is 1.20 bits per heavy atom. The fraction of sp³-hybridized carbons (Fsp3) is 0.312. The van der Waals surface area contributed by atoms with Gasteiger partial charge >= 0.3 is 0 Å². The Bertz CT molecular complexity index is 540. The number of hydrogen-bond donors (Lipinski definition) is 2. The van der Waals surface area contributed by atoms with Gasteiger partial charge in [-0.15, -0.1) is 0 Å². The average molecular weight is 290 g/mol. The third-order valence-electron chi connectivity index (χ3n) is 3.07. The smallest absolute Gasteiger partial charge is 0.127 e. The Balaban J connectivity index is 2.03. The lowest BCUT2D eigenvalue weighted by atomic mass is 10.1. The van der Waals surface area contributed by atoms with Gasteiger partial charge in [-0.2, -0.15) is 0 Å². The van der Waals surface area contributed by atoms with Gasteiger partial charge in [-0.05, 0) is 37.1 Å². The fourth-order valence-electron chi connectivity index (χ4n) is 1.95. The molecule has 0 radical (unpaired) electrons. The number of halogens is 1. The number of benzene rings is 1. The maximum Gasteiger partial charge on any atom is 0.127 e. The van der Waals surface area contributed by atoms with Crippen LogP contribution in [0.15, 0.2) is 42.6 Å². The van der Waals surface area contributed by atoms with Crippen molar-refractivity contribution >= 4 is 23.1 Å². The molecule has 1 heterocycles. The Morgan fingerprint density at radius 3 is 2.65 bits per heavy atom. The zero-order valence-corrected chi connectivity index (χ0v) is 12.6. The number of pyridine rings is 1. The van der Waals surface area contributed by atoms with E-state index in [9.17, 15) is 0 Å². The first-order valence-electron chi connectivity index (χ1n) is 6.91. The van der Waals surface area contributed by atoms with Gasteiger partial charge in [0.1, 0.15) is 5.82 Å². The lowest BCUT2D eigenvalue weighted by Gasteiger charge is -2.16. The second kappa shape index (κ2) is 7.15. The number of aromatic nitrogens is 1. The molecule has 106 valence electrons. The van der Waals surface area contributed by atoms with Gasteiger partial charge < -0.3 is 10.6 Å². The number of nitrogens with one attached hydrogen (secondary N) is 2. The zero-order chi connectivity index (χ0) is 14.4. The van der Waals surface area contributed by atoms with E-state index < -0.39 is 0 Å². The van der Waals surface area contributed by atoms with Crippen LogP contribution in [0.2, 0.25) is 5.02 Å². The molecule has 1 atom stereocenters. The third kappa shape index (κ3) is 4.14. The van der Waals surface area contributed by atoms with Gasteiger partial charge in [0, 0.05) is 35.6 Å². The molecule has 4 heteroatoms. The van der Waals surface area contributed by atoms with Crippen molar-refractivity contribution in [3.63, 3.8) is 0 Å². The molecule has 0 aliphatic rings. The molecule has 1 unspecified atom stereocenters. The van der Waals surface area contributed by atoms with E-state index >= 15 is 0 Å². The topological polar surface area (TPSA) is 37.0 Å². The van der Waals surface area contributed by atoms with Crippen molar-refractivity contribution in [3.8, 4) is 0 Å². The summed E-state index contributed by atoms with van der Waals surface area (Å²) in [5.74, 6) is 0.903. The molecule has 2 rings (SSSR count). The van der Waals surface area contributed by atoms with Crippen LogP contribution in [0.5, 0.6) is 0 Å². The molecule has 0 spiro atoms. The van der Waals surface area contributed by atoms with E-state index in [4.69, 9.17) is 11.6 Å². The van der Waals surface area contributed by atoms with E-state index in [0.717, 1.165) is 29.5 Å². The lowest BCUT2D eigenvalue weighted by Crippen LogP contribution is -2.08. The molecular weight excluding hydrogens is 270 g/mol. The van der Waals surface area contributed by atoms with Crippen LogP contribution in [0.3, 0.4) is 0 Å². The van der Waals surface area contributed by atoms with Gasteiger partial charge in [0.15, 0.2) is 0 Å². The van der Waals surface area contributed by atoms with Crippen molar-refractivity contribution in [2.75, 3.05) is 17.2 Å². The molecule has 1 aromatic heterocycles. The maximum atomic E-state index is 5.91. The highest BCUT2D eigenvalue weighted by atomic mass is 35.5. The first-order valence-corrected chi connectivity index (χ1v) is 7.28. The molecule has 0 aliphatic heterocycles. The predicted octanol–water partition coefficient (Wildman–Crippen LogP) is 4.73. The van der Waals surface area contributed by atoms with Crippen LogP contribution in [0, 0.1) is 0 Å². The van der Waals surface area contributed by atoms with Crippen LogP contribution >= 0.6 is 11.6 Å². The second-order valence-corrected chi connectivity index (χ2v) is 5.21. The third-order valence-corrected chi connectivity index (χ3v) is 3.32. The van der Waals surface area contributed by atoms with Crippen molar-refractivity contribution in [1.29, 1.82) is 0 Å². The van der Waals surface area contributed by atoms with E-state index in [-0.39, 0.29) is 6.04 Å². The normalized spacial score (nSPS) is 11.9. The number of anilines is 2. The molecule has 0 aliphatic carbocycles. The van der Waals surface area contributed by atoms with Gasteiger partial charge in [0.2, 0.25) is 0 Å². The van der Waals surface area contributed by atoms with Crippen LogP contribution in [0.25, 0.3) is 0 Å². The van der Waals surface area contributed by atoms with Crippen molar-refractivity contribution in [2.45, 2.75) is 26.3 Å². The Labute approximate surface area is 125 Å². The summed E-state index contributed by atoms with van der Waals surface area (Å²) in [5.41, 5.74) is 2.26. The fourth-order valence-corrected chi connectivity index (χ4v) is 2.08. The molecule has 20 heavy (non-hydrogen) atoms. The molecule has 2 N–H and O–H groups in total. The standard InChI is InChI=1S/C16H20ClN3/c1-3-9-18-16-11-15(8-10-19-16)20-12(2)13-4-6-14(17)7-5-13/h4-8,10-12H,3,9H2,1-2H3,(H2,18,19,20). The highest BCUT2D eigenvalue weighted by Gasteiger charge is 2.05. The summed E-state index contributed by atoms with van der Waals surface area (Å²) in [5, 5.41) is 7.52. The van der Waals surface area contributed by atoms with Crippen molar-refractivity contribution in [1.82, 2.24) is 4.98 Å². The lowest BCUT2D eigenvalue weighted by molar-refractivity contribution is 0.883. The summed E-state index contributed by atoms with van der Waals surface area (Å²) in [6.07, 6.45) is 2.90. The minimum atomic E-state index is 0.216. The number of hydrogen-bond acceptors (Lipinski definition) is 3. The molecule has 0 bridgehead atoms. The molecule has 0 saturated carbocycles. The SMILES string of the molecule is CCCNc1cc(NC(C)c2ccc(Cl)cc2)ccn1. The Hall–Kier alpha value is -1.74. The van der Waals surface area contributed by atoms with Crippen LogP contribution in [0.1, 0.15) is 31.9 Å². The summed E-state index contributed by atoms with van der Waals surface area (Å²) in [6.45, 7) is 5.20. The molecule has 3 nitrogen and oxygen atoms in total. The van der Waals surface area contributed by atoms with Crippen LogP contribution in [0.4, 0.5) is 11.5 Å². The average Bonchev–Trinajstić information content (AvgIpc) is 2.46. The van der Waals surface area contributed by atoms with Crippen molar-refractivity contribution in [3.05, 3.63) is 53.2 Å². The van der Waals surface area contributed by atoms with Gasteiger partial charge in [0.25, 0.3) is 0 Å². The van der Waals surface area contributed by atoms with Gasteiger partial charge in [0.05, 0.1) is 0 Å². The van der Waals surface area contributed by atoms with Crippen molar-refractivity contribution < 1.29 is 0 Å². The molecule has 0 amide bonds. The molecule has 0 saturated heterocycles. The van der Waals surface area contributed by atoms with E-state index in [1.807, 2.05) is 42.6 Å². The van der Waals surface area contributed by atoms with Crippen LogP contribution < -0.4 is 10.6 Å².